The molecule has 1 heterocycles. The Morgan fingerprint density at radius 2 is 2.00 bits per heavy atom. The molecule has 3 rings (SSSR count). The molecule has 2 aromatic rings. The van der Waals surface area contributed by atoms with E-state index in [0.29, 0.717) is 11.7 Å². The summed E-state index contributed by atoms with van der Waals surface area (Å²) in [5.74, 6) is 1.17. The van der Waals surface area contributed by atoms with Gasteiger partial charge < -0.3 is 10.1 Å². The van der Waals surface area contributed by atoms with Gasteiger partial charge >= 0.3 is 0 Å². The van der Waals surface area contributed by atoms with Crippen molar-refractivity contribution >= 4 is 17.2 Å². The van der Waals surface area contributed by atoms with Gasteiger partial charge in [0, 0.05) is 24.0 Å². The molecule has 5 heteroatoms. The third-order valence-corrected chi connectivity index (χ3v) is 4.63. The molecule has 0 aliphatic heterocycles. The lowest BCUT2D eigenvalue weighted by Gasteiger charge is -2.20. The summed E-state index contributed by atoms with van der Waals surface area (Å²) in [5, 5.41) is 5.56. The molecule has 1 aliphatic carbocycles. The zero-order valence-corrected chi connectivity index (χ0v) is 13.3. The molecular weight excluding hydrogens is 296 g/mol. The lowest BCUT2D eigenvalue weighted by atomic mass is 9.88. The van der Waals surface area contributed by atoms with Crippen molar-refractivity contribution in [2.45, 2.75) is 38.6 Å². The molecule has 1 aromatic carbocycles. The van der Waals surface area contributed by atoms with Gasteiger partial charge in [0.1, 0.15) is 5.75 Å². The normalized spacial score (nSPS) is 15.5. The van der Waals surface area contributed by atoms with Crippen LogP contribution in [0.1, 0.15) is 37.7 Å². The van der Waals surface area contributed by atoms with Crippen LogP contribution in [0.5, 0.6) is 10.9 Å². The molecule has 1 aromatic heterocycles. The molecule has 4 nitrogen and oxygen atoms in total. The minimum Gasteiger partial charge on any atom is -0.431 e. The molecule has 0 spiro atoms. The quantitative estimate of drug-likeness (QED) is 0.902. The van der Waals surface area contributed by atoms with E-state index in [-0.39, 0.29) is 11.8 Å². The first-order valence-electron chi connectivity index (χ1n) is 7.75. The molecule has 0 radical (unpaired) electrons. The minimum absolute atomic E-state index is 0.197. The second kappa shape index (κ2) is 7.40. The lowest BCUT2D eigenvalue weighted by molar-refractivity contribution is -0.126. The number of hydrogen-bond donors (Lipinski definition) is 1. The number of ether oxygens (including phenoxy) is 1. The number of amides is 1. The Labute approximate surface area is 134 Å². The standard InChI is InChI=1S/C17H20N2O2S/c20-16(14-4-2-1-3-5-14)19-12-13-6-8-15(9-7-13)21-17-18-10-11-22-17/h6-11,14H,1-5,12H2,(H,19,20). The molecule has 22 heavy (non-hydrogen) atoms. The summed E-state index contributed by atoms with van der Waals surface area (Å²) in [7, 11) is 0. The number of benzene rings is 1. The van der Waals surface area contributed by atoms with Crippen LogP contribution < -0.4 is 10.1 Å². The van der Waals surface area contributed by atoms with Gasteiger partial charge in [0.15, 0.2) is 0 Å². The van der Waals surface area contributed by atoms with Crippen molar-refractivity contribution in [2.24, 2.45) is 5.92 Å². The average Bonchev–Trinajstić information content (AvgIpc) is 3.08. The van der Waals surface area contributed by atoms with Crippen LogP contribution in [0.25, 0.3) is 0 Å². The van der Waals surface area contributed by atoms with Crippen LogP contribution in [0.2, 0.25) is 0 Å². The van der Waals surface area contributed by atoms with Crippen LogP contribution in [0.15, 0.2) is 35.8 Å². The van der Waals surface area contributed by atoms with E-state index >= 15 is 0 Å². The fourth-order valence-corrected chi connectivity index (χ4v) is 3.24. The maximum Gasteiger partial charge on any atom is 0.278 e. The summed E-state index contributed by atoms with van der Waals surface area (Å²) in [6.45, 7) is 0.576. The number of hydrogen-bond acceptors (Lipinski definition) is 4. The zero-order chi connectivity index (χ0) is 15.2. The molecule has 0 bridgehead atoms. The van der Waals surface area contributed by atoms with Gasteiger partial charge in [0.2, 0.25) is 5.91 Å². The third kappa shape index (κ3) is 4.07. The first-order valence-corrected chi connectivity index (χ1v) is 8.63. The topological polar surface area (TPSA) is 51.2 Å². The van der Waals surface area contributed by atoms with Crippen molar-refractivity contribution < 1.29 is 9.53 Å². The molecule has 0 atom stereocenters. The van der Waals surface area contributed by atoms with Crippen molar-refractivity contribution in [2.75, 3.05) is 0 Å². The van der Waals surface area contributed by atoms with Crippen LogP contribution in [0.4, 0.5) is 0 Å². The van der Waals surface area contributed by atoms with Crippen molar-refractivity contribution in [3.8, 4) is 10.9 Å². The Bertz CT molecular complexity index is 590. The monoisotopic (exact) mass is 316 g/mol. The number of rotatable bonds is 5. The van der Waals surface area contributed by atoms with Gasteiger partial charge in [-0.3, -0.25) is 4.79 Å². The molecule has 1 amide bonds. The highest BCUT2D eigenvalue weighted by atomic mass is 32.1. The predicted molar refractivity (Wildman–Crippen MR) is 87.1 cm³/mol. The number of carbonyl (C=O) groups excluding carboxylic acids is 1. The van der Waals surface area contributed by atoms with Crippen molar-refractivity contribution in [1.29, 1.82) is 0 Å². The SMILES string of the molecule is O=C(NCc1ccc(Oc2nccs2)cc1)C1CCCCC1. The highest BCUT2D eigenvalue weighted by Gasteiger charge is 2.20. The van der Waals surface area contributed by atoms with E-state index in [2.05, 4.69) is 10.3 Å². The summed E-state index contributed by atoms with van der Waals surface area (Å²) in [6.07, 6.45) is 7.42. The fourth-order valence-electron chi connectivity index (χ4n) is 2.74. The maximum atomic E-state index is 12.1. The van der Waals surface area contributed by atoms with Crippen LogP contribution in [-0.2, 0) is 11.3 Å². The largest absolute Gasteiger partial charge is 0.431 e. The summed E-state index contributed by atoms with van der Waals surface area (Å²) in [6, 6.07) is 7.77. The lowest BCUT2D eigenvalue weighted by Crippen LogP contribution is -2.31. The Morgan fingerprint density at radius 1 is 1.23 bits per heavy atom. The molecule has 0 unspecified atom stereocenters. The molecule has 1 aliphatic rings. The van der Waals surface area contributed by atoms with E-state index in [0.717, 1.165) is 24.2 Å². The molecule has 1 saturated carbocycles. The molecule has 0 saturated heterocycles. The predicted octanol–water partition coefficient (Wildman–Crippen LogP) is 4.13. The number of aromatic nitrogens is 1. The zero-order valence-electron chi connectivity index (χ0n) is 12.5. The smallest absolute Gasteiger partial charge is 0.278 e. The highest BCUT2D eigenvalue weighted by molar-refractivity contribution is 7.11. The van der Waals surface area contributed by atoms with Gasteiger partial charge in [0.05, 0.1) is 0 Å². The second-order valence-electron chi connectivity index (χ2n) is 5.60. The number of nitrogens with one attached hydrogen (secondary N) is 1. The van der Waals surface area contributed by atoms with E-state index < -0.39 is 0 Å². The molecule has 1 N–H and O–H groups in total. The number of thiazole rings is 1. The minimum atomic E-state index is 0.197. The summed E-state index contributed by atoms with van der Waals surface area (Å²) < 4.78 is 5.61. The Balaban J connectivity index is 1.49. The van der Waals surface area contributed by atoms with Gasteiger partial charge in [-0.2, -0.15) is 0 Å². The summed E-state index contributed by atoms with van der Waals surface area (Å²) in [4.78, 5) is 16.2. The summed E-state index contributed by atoms with van der Waals surface area (Å²) >= 11 is 1.46. The van der Waals surface area contributed by atoms with Crippen LogP contribution in [0.3, 0.4) is 0 Å². The number of carbonyl (C=O) groups is 1. The van der Waals surface area contributed by atoms with Crippen molar-refractivity contribution in [1.82, 2.24) is 10.3 Å². The van der Waals surface area contributed by atoms with E-state index in [1.165, 1.54) is 30.6 Å². The first-order chi connectivity index (χ1) is 10.8. The van der Waals surface area contributed by atoms with Crippen LogP contribution in [0, 0.1) is 5.92 Å². The van der Waals surface area contributed by atoms with E-state index in [4.69, 9.17) is 4.74 Å². The van der Waals surface area contributed by atoms with Crippen LogP contribution >= 0.6 is 11.3 Å². The summed E-state index contributed by atoms with van der Waals surface area (Å²) in [5.41, 5.74) is 1.08. The van der Waals surface area contributed by atoms with Gasteiger partial charge in [-0.05, 0) is 30.5 Å². The Morgan fingerprint density at radius 3 is 2.68 bits per heavy atom. The Kier molecular flexibility index (Phi) is 5.06. The number of nitrogens with zero attached hydrogens (tertiary/aromatic N) is 1. The van der Waals surface area contributed by atoms with Gasteiger partial charge in [-0.25, -0.2) is 4.98 Å². The molecular formula is C17H20N2O2S. The molecule has 116 valence electrons. The van der Waals surface area contributed by atoms with Gasteiger partial charge in [-0.15, -0.1) is 0 Å². The fraction of sp³-hybridized carbons (Fsp3) is 0.412. The van der Waals surface area contributed by atoms with Crippen molar-refractivity contribution in [3.05, 3.63) is 41.4 Å². The van der Waals surface area contributed by atoms with Gasteiger partial charge in [0.25, 0.3) is 5.19 Å². The van der Waals surface area contributed by atoms with Gasteiger partial charge in [-0.1, -0.05) is 42.7 Å². The average molecular weight is 316 g/mol. The van der Waals surface area contributed by atoms with Crippen LogP contribution in [-0.4, -0.2) is 10.9 Å². The first kappa shape index (κ1) is 15.0. The highest BCUT2D eigenvalue weighted by Crippen LogP contribution is 2.25. The van der Waals surface area contributed by atoms with E-state index in [1.54, 1.807) is 6.20 Å². The molecule has 1 fully saturated rings. The second-order valence-corrected chi connectivity index (χ2v) is 6.45. The van der Waals surface area contributed by atoms with E-state index in [9.17, 15) is 4.79 Å². The maximum absolute atomic E-state index is 12.1. The van der Waals surface area contributed by atoms with E-state index in [1.807, 2.05) is 29.6 Å². The van der Waals surface area contributed by atoms with Crippen molar-refractivity contribution in [3.63, 3.8) is 0 Å². The Hall–Kier alpha value is -1.88. The third-order valence-electron chi connectivity index (χ3n) is 3.98.